The molecule has 10 heteroatoms. The molecule has 3 aromatic rings. The number of esters is 1. The molecule has 4 fully saturated rings. The van der Waals surface area contributed by atoms with Crippen LogP contribution in [0.15, 0.2) is 78.9 Å². The quantitative estimate of drug-likeness (QED) is 0.182. The van der Waals surface area contributed by atoms with Gasteiger partial charge in [-0.3, -0.25) is 19.3 Å². The van der Waals surface area contributed by atoms with Gasteiger partial charge in [-0.05, 0) is 93.2 Å². The van der Waals surface area contributed by atoms with Gasteiger partial charge in [0.25, 0.3) is 11.8 Å². The Hall–Kier alpha value is -4.25. The van der Waals surface area contributed by atoms with Crippen molar-refractivity contribution in [1.29, 1.82) is 0 Å². The van der Waals surface area contributed by atoms with E-state index < -0.39 is 5.41 Å². The van der Waals surface area contributed by atoms with Gasteiger partial charge in [-0.1, -0.05) is 42.5 Å². The van der Waals surface area contributed by atoms with Gasteiger partial charge in [-0.2, -0.15) is 0 Å². The molecule has 260 valence electrons. The van der Waals surface area contributed by atoms with Crippen LogP contribution in [-0.2, 0) is 31.0 Å². The minimum atomic E-state index is -0.863. The smallest absolute Gasteiger partial charge is 0.320 e. The fourth-order valence-electron chi connectivity index (χ4n) is 7.02. The molecule has 4 aliphatic rings. The van der Waals surface area contributed by atoms with Gasteiger partial charge >= 0.3 is 5.97 Å². The number of nitrogens with zero attached hydrogens (tertiary/aromatic N) is 2. The van der Waals surface area contributed by atoms with Gasteiger partial charge in [0.1, 0.15) is 23.9 Å². The molecule has 4 heterocycles. The number of ether oxygens (including phenoxy) is 4. The number of benzene rings is 3. The van der Waals surface area contributed by atoms with Crippen LogP contribution in [0.25, 0.3) is 0 Å². The summed E-state index contributed by atoms with van der Waals surface area (Å²) in [7, 11) is 0. The Morgan fingerprint density at radius 3 is 2.12 bits per heavy atom. The molecule has 1 N–H and O–H groups in total. The first-order valence-corrected chi connectivity index (χ1v) is 17.5. The van der Waals surface area contributed by atoms with Gasteiger partial charge < -0.3 is 29.2 Å². The van der Waals surface area contributed by atoms with E-state index in [4.69, 9.17) is 18.9 Å². The number of rotatable bonds is 15. The average molecular weight is 670 g/mol. The molecule has 3 aromatic carbocycles. The number of nitrogens with one attached hydrogen (secondary N) is 1. The van der Waals surface area contributed by atoms with Crippen LogP contribution >= 0.6 is 0 Å². The van der Waals surface area contributed by atoms with Gasteiger partial charge in [0.2, 0.25) is 0 Å². The Bertz CT molecular complexity index is 1540. The monoisotopic (exact) mass is 669 g/mol. The van der Waals surface area contributed by atoms with Crippen LogP contribution in [0.1, 0.15) is 65.0 Å². The zero-order valence-electron chi connectivity index (χ0n) is 28.5. The van der Waals surface area contributed by atoms with E-state index >= 15 is 0 Å². The second-order valence-electron chi connectivity index (χ2n) is 13.1. The van der Waals surface area contributed by atoms with Crippen LogP contribution in [0, 0.1) is 5.92 Å². The molecule has 4 aliphatic heterocycles. The summed E-state index contributed by atoms with van der Waals surface area (Å²) >= 11 is 0. The SMILES string of the molecule is CCOC(CCNC(=O)c1ccc(COc2ccc(C(=O)N3CC(C(=O)O[C@H]4CN5CCC4CC5)(c4ccccc4)C3)cc2)cc1)OCC. The molecule has 4 saturated heterocycles. The molecule has 0 spiro atoms. The van der Waals surface area contributed by atoms with E-state index in [9.17, 15) is 14.4 Å². The maximum Gasteiger partial charge on any atom is 0.320 e. The van der Waals surface area contributed by atoms with Crippen molar-refractivity contribution in [3.63, 3.8) is 0 Å². The summed E-state index contributed by atoms with van der Waals surface area (Å²) in [5.74, 6) is 0.525. The Balaban J connectivity index is 0.993. The number of carbonyl (C=O) groups excluding carboxylic acids is 3. The summed E-state index contributed by atoms with van der Waals surface area (Å²) < 4.78 is 23.2. The lowest BCUT2D eigenvalue weighted by Gasteiger charge is -2.50. The zero-order valence-corrected chi connectivity index (χ0v) is 28.5. The van der Waals surface area contributed by atoms with Crippen LogP contribution in [0.4, 0.5) is 0 Å². The molecule has 0 aromatic heterocycles. The van der Waals surface area contributed by atoms with E-state index in [1.54, 1.807) is 41.3 Å². The standard InChI is InChI=1S/C39H47N3O7/c1-3-46-35(47-4-2)18-21-40-36(43)30-12-10-28(11-13-30)25-48-33-16-14-31(15-17-33)37(44)42-26-39(27-42,32-8-6-5-7-9-32)38(45)49-34-24-41-22-19-29(34)20-23-41/h5-17,29,34-35H,3-4,18-27H2,1-2H3,(H,40,43)/t34-/m0/s1. The normalized spacial score (nSPS) is 20.8. The summed E-state index contributed by atoms with van der Waals surface area (Å²) in [5, 5.41) is 2.91. The second kappa shape index (κ2) is 16.0. The zero-order chi connectivity index (χ0) is 34.2. The Morgan fingerprint density at radius 2 is 1.51 bits per heavy atom. The highest BCUT2D eigenvalue weighted by Gasteiger charge is 2.54. The van der Waals surface area contributed by atoms with Gasteiger partial charge in [0.05, 0.1) is 0 Å². The van der Waals surface area contributed by atoms with Crippen LogP contribution in [0.5, 0.6) is 5.75 Å². The first-order valence-electron chi connectivity index (χ1n) is 17.5. The van der Waals surface area contributed by atoms with E-state index in [1.165, 1.54) is 0 Å². The summed E-state index contributed by atoms with van der Waals surface area (Å²) in [6.45, 7) is 9.21. The number of amides is 2. The number of carbonyl (C=O) groups is 3. The van der Waals surface area contributed by atoms with E-state index in [0.29, 0.717) is 55.6 Å². The number of hydrogen-bond donors (Lipinski definition) is 1. The summed E-state index contributed by atoms with van der Waals surface area (Å²) in [4.78, 5) is 43.9. The summed E-state index contributed by atoms with van der Waals surface area (Å²) in [5.41, 5.74) is 2.02. The molecular formula is C39H47N3O7. The highest BCUT2D eigenvalue weighted by molar-refractivity contribution is 5.98. The summed E-state index contributed by atoms with van der Waals surface area (Å²) in [6.07, 6.45) is 2.30. The minimum Gasteiger partial charge on any atom is -0.489 e. The van der Waals surface area contributed by atoms with Crippen molar-refractivity contribution in [2.24, 2.45) is 5.92 Å². The third-order valence-corrected chi connectivity index (χ3v) is 9.87. The second-order valence-corrected chi connectivity index (χ2v) is 13.1. The van der Waals surface area contributed by atoms with E-state index in [0.717, 1.165) is 43.6 Å². The molecular weight excluding hydrogens is 622 g/mol. The molecule has 2 bridgehead atoms. The number of likely N-dealkylation sites (tertiary alicyclic amines) is 1. The molecule has 0 radical (unpaired) electrons. The van der Waals surface area contributed by atoms with Gasteiger partial charge in [-0.25, -0.2) is 0 Å². The van der Waals surface area contributed by atoms with Gasteiger partial charge in [0.15, 0.2) is 6.29 Å². The maximum atomic E-state index is 13.8. The average Bonchev–Trinajstić information content (AvgIpc) is 3.12. The van der Waals surface area contributed by atoms with E-state index in [2.05, 4.69) is 10.2 Å². The molecule has 10 nitrogen and oxygen atoms in total. The maximum absolute atomic E-state index is 13.8. The molecule has 0 aliphatic carbocycles. The first kappa shape index (κ1) is 34.6. The molecule has 49 heavy (non-hydrogen) atoms. The molecule has 1 atom stereocenters. The van der Waals surface area contributed by atoms with Crippen molar-refractivity contribution in [2.45, 2.75) is 57.5 Å². The lowest BCUT2D eigenvalue weighted by molar-refractivity contribution is -0.171. The highest BCUT2D eigenvalue weighted by atomic mass is 16.7. The molecule has 2 amide bonds. The van der Waals surface area contributed by atoms with Crippen molar-refractivity contribution < 1.29 is 33.3 Å². The number of piperidine rings is 3. The van der Waals surface area contributed by atoms with Crippen LogP contribution in [0.2, 0.25) is 0 Å². The minimum absolute atomic E-state index is 0.0826. The van der Waals surface area contributed by atoms with Crippen LogP contribution in [-0.4, -0.2) is 92.5 Å². The van der Waals surface area contributed by atoms with Crippen molar-refractivity contribution in [3.8, 4) is 5.75 Å². The topological polar surface area (TPSA) is 107 Å². The van der Waals surface area contributed by atoms with Crippen molar-refractivity contribution in [1.82, 2.24) is 15.1 Å². The van der Waals surface area contributed by atoms with Crippen molar-refractivity contribution in [3.05, 3.63) is 101 Å². The fraction of sp³-hybridized carbons (Fsp3) is 0.462. The van der Waals surface area contributed by atoms with Crippen LogP contribution in [0.3, 0.4) is 0 Å². The fourth-order valence-corrected chi connectivity index (χ4v) is 7.02. The Morgan fingerprint density at radius 1 is 0.857 bits per heavy atom. The first-order chi connectivity index (χ1) is 23.9. The van der Waals surface area contributed by atoms with Crippen LogP contribution < -0.4 is 10.1 Å². The molecule has 0 saturated carbocycles. The van der Waals surface area contributed by atoms with Crippen molar-refractivity contribution >= 4 is 17.8 Å². The third-order valence-electron chi connectivity index (χ3n) is 9.87. The molecule has 7 rings (SSSR count). The summed E-state index contributed by atoms with van der Waals surface area (Å²) in [6, 6.07) is 24.0. The highest BCUT2D eigenvalue weighted by Crippen LogP contribution is 2.39. The van der Waals surface area contributed by atoms with Gasteiger partial charge in [0, 0.05) is 56.9 Å². The molecule has 0 unspecified atom stereocenters. The Kier molecular flexibility index (Phi) is 11.3. The third kappa shape index (κ3) is 8.15. The van der Waals surface area contributed by atoms with E-state index in [1.807, 2.05) is 56.3 Å². The van der Waals surface area contributed by atoms with Crippen molar-refractivity contribution in [2.75, 3.05) is 52.5 Å². The number of fused-ring (bicyclic) bond motifs is 3. The predicted octanol–water partition coefficient (Wildman–Crippen LogP) is 4.82. The predicted molar refractivity (Wildman–Crippen MR) is 184 cm³/mol. The lowest BCUT2D eigenvalue weighted by atomic mass is 9.73. The lowest BCUT2D eigenvalue weighted by Crippen LogP contribution is -2.66. The number of hydrogen-bond acceptors (Lipinski definition) is 8. The van der Waals surface area contributed by atoms with E-state index in [-0.39, 0.29) is 43.3 Å². The largest absolute Gasteiger partial charge is 0.489 e. The Labute approximate surface area is 288 Å². The van der Waals surface area contributed by atoms with Gasteiger partial charge in [-0.15, -0.1) is 0 Å².